The molecule has 0 radical (unpaired) electrons. The summed E-state index contributed by atoms with van der Waals surface area (Å²) in [5.74, 6) is 0.491. The van der Waals surface area contributed by atoms with Crippen LogP contribution in [0.2, 0.25) is 0 Å². The third kappa shape index (κ3) is 3.36. The van der Waals surface area contributed by atoms with Crippen LogP contribution in [0.5, 0.6) is 0 Å². The van der Waals surface area contributed by atoms with Crippen LogP contribution in [-0.4, -0.2) is 29.1 Å². The third-order valence-corrected chi connectivity index (χ3v) is 3.99. The van der Waals surface area contributed by atoms with Gasteiger partial charge in [0.1, 0.15) is 5.76 Å². The number of carboxylic acid groups (broad SMARTS) is 1. The SMILES string of the molecule is CC(c1ccc(Br)o1)N1CCCC(CC(=O)O)C1. The molecule has 0 aromatic carbocycles. The minimum atomic E-state index is -0.699. The van der Waals surface area contributed by atoms with E-state index in [0.717, 1.165) is 36.4 Å². The van der Waals surface area contributed by atoms with E-state index in [4.69, 9.17) is 9.52 Å². The summed E-state index contributed by atoms with van der Waals surface area (Å²) in [5.41, 5.74) is 0. The molecule has 0 spiro atoms. The van der Waals surface area contributed by atoms with Crippen LogP contribution >= 0.6 is 15.9 Å². The molecular formula is C13H18BrNO3. The van der Waals surface area contributed by atoms with E-state index in [1.165, 1.54) is 0 Å². The second-order valence-electron chi connectivity index (χ2n) is 4.92. The number of halogens is 1. The molecule has 1 fully saturated rings. The number of hydrogen-bond acceptors (Lipinski definition) is 3. The molecule has 1 saturated heterocycles. The van der Waals surface area contributed by atoms with Crippen molar-refractivity contribution in [1.29, 1.82) is 0 Å². The van der Waals surface area contributed by atoms with Crippen LogP contribution in [-0.2, 0) is 4.79 Å². The van der Waals surface area contributed by atoms with Gasteiger partial charge >= 0.3 is 5.97 Å². The molecule has 1 N–H and O–H groups in total. The standard InChI is InChI=1S/C13H18BrNO3/c1-9(11-4-5-12(14)18-11)15-6-2-3-10(8-15)7-13(16)17/h4-5,9-10H,2-3,6-8H2,1H3,(H,16,17). The first-order chi connectivity index (χ1) is 8.56. The molecule has 0 aliphatic carbocycles. The highest BCUT2D eigenvalue weighted by atomic mass is 79.9. The minimum absolute atomic E-state index is 0.202. The largest absolute Gasteiger partial charge is 0.481 e. The van der Waals surface area contributed by atoms with Crippen LogP contribution in [0.4, 0.5) is 0 Å². The molecule has 18 heavy (non-hydrogen) atoms. The highest BCUT2D eigenvalue weighted by Crippen LogP contribution is 2.29. The number of piperidine rings is 1. The van der Waals surface area contributed by atoms with Crippen molar-refractivity contribution in [2.45, 2.75) is 32.2 Å². The van der Waals surface area contributed by atoms with Crippen molar-refractivity contribution >= 4 is 21.9 Å². The molecule has 1 aliphatic rings. The number of nitrogens with zero attached hydrogens (tertiary/aromatic N) is 1. The molecule has 0 bridgehead atoms. The lowest BCUT2D eigenvalue weighted by Crippen LogP contribution is -2.37. The Morgan fingerprint density at radius 1 is 1.67 bits per heavy atom. The lowest BCUT2D eigenvalue weighted by Gasteiger charge is -2.35. The van der Waals surface area contributed by atoms with Gasteiger partial charge in [-0.25, -0.2) is 0 Å². The molecule has 2 unspecified atom stereocenters. The van der Waals surface area contributed by atoms with Crippen LogP contribution in [0.1, 0.15) is 38.0 Å². The van der Waals surface area contributed by atoms with Crippen molar-refractivity contribution < 1.29 is 14.3 Å². The summed E-state index contributed by atoms with van der Waals surface area (Å²) in [6, 6.07) is 4.06. The van der Waals surface area contributed by atoms with Gasteiger partial charge in [0.2, 0.25) is 0 Å². The molecule has 0 saturated carbocycles. The molecule has 2 heterocycles. The first-order valence-corrected chi connectivity index (χ1v) is 7.06. The lowest BCUT2D eigenvalue weighted by atomic mass is 9.93. The Labute approximate surface area is 115 Å². The molecule has 100 valence electrons. The Morgan fingerprint density at radius 3 is 3.06 bits per heavy atom. The average Bonchev–Trinajstić information content (AvgIpc) is 2.74. The Bertz CT molecular complexity index is 418. The minimum Gasteiger partial charge on any atom is -0.481 e. The van der Waals surface area contributed by atoms with E-state index in [1.807, 2.05) is 12.1 Å². The van der Waals surface area contributed by atoms with Crippen molar-refractivity contribution in [3.8, 4) is 0 Å². The van der Waals surface area contributed by atoms with Gasteiger partial charge in [0.15, 0.2) is 4.67 Å². The van der Waals surface area contributed by atoms with Crippen LogP contribution in [0.25, 0.3) is 0 Å². The average molecular weight is 316 g/mol. The summed E-state index contributed by atoms with van der Waals surface area (Å²) in [4.78, 5) is 13.1. The molecule has 1 aromatic heterocycles. The van der Waals surface area contributed by atoms with E-state index < -0.39 is 5.97 Å². The molecule has 4 nitrogen and oxygen atoms in total. The Morgan fingerprint density at radius 2 is 2.44 bits per heavy atom. The highest BCUT2D eigenvalue weighted by Gasteiger charge is 2.27. The Balaban J connectivity index is 1.97. The summed E-state index contributed by atoms with van der Waals surface area (Å²) < 4.78 is 6.31. The van der Waals surface area contributed by atoms with E-state index in [9.17, 15) is 4.79 Å². The third-order valence-electron chi connectivity index (χ3n) is 3.57. The number of carboxylic acids is 1. The van der Waals surface area contributed by atoms with Gasteiger partial charge < -0.3 is 9.52 Å². The van der Waals surface area contributed by atoms with Gasteiger partial charge in [-0.1, -0.05) is 0 Å². The summed E-state index contributed by atoms with van der Waals surface area (Å²) in [5, 5.41) is 8.87. The fourth-order valence-corrected chi connectivity index (χ4v) is 2.91. The van der Waals surface area contributed by atoms with E-state index in [-0.39, 0.29) is 18.4 Å². The van der Waals surface area contributed by atoms with Gasteiger partial charge in [-0.15, -0.1) is 0 Å². The van der Waals surface area contributed by atoms with Gasteiger partial charge in [-0.3, -0.25) is 9.69 Å². The second kappa shape index (κ2) is 5.89. The zero-order valence-electron chi connectivity index (χ0n) is 10.4. The highest BCUT2D eigenvalue weighted by molar-refractivity contribution is 9.10. The maximum atomic E-state index is 10.8. The van der Waals surface area contributed by atoms with E-state index in [1.54, 1.807) is 0 Å². The fourth-order valence-electron chi connectivity index (χ4n) is 2.60. The van der Waals surface area contributed by atoms with Gasteiger partial charge in [-0.05, 0) is 60.3 Å². The smallest absolute Gasteiger partial charge is 0.303 e. The Kier molecular flexibility index (Phi) is 4.45. The van der Waals surface area contributed by atoms with Crippen molar-refractivity contribution in [2.75, 3.05) is 13.1 Å². The van der Waals surface area contributed by atoms with Crippen LogP contribution < -0.4 is 0 Å². The monoisotopic (exact) mass is 315 g/mol. The molecule has 2 rings (SSSR count). The second-order valence-corrected chi connectivity index (χ2v) is 5.70. The first-order valence-electron chi connectivity index (χ1n) is 6.27. The molecule has 5 heteroatoms. The van der Waals surface area contributed by atoms with Crippen molar-refractivity contribution in [2.24, 2.45) is 5.92 Å². The van der Waals surface area contributed by atoms with Crippen molar-refractivity contribution in [3.05, 3.63) is 22.6 Å². The van der Waals surface area contributed by atoms with Gasteiger partial charge in [0, 0.05) is 13.0 Å². The number of rotatable bonds is 4. The molecule has 0 amide bonds. The van der Waals surface area contributed by atoms with E-state index >= 15 is 0 Å². The summed E-state index contributed by atoms with van der Waals surface area (Å²) in [7, 11) is 0. The predicted octanol–water partition coefficient (Wildman–Crippen LogP) is 3.29. The van der Waals surface area contributed by atoms with E-state index in [2.05, 4.69) is 27.8 Å². The first kappa shape index (κ1) is 13.6. The van der Waals surface area contributed by atoms with Crippen LogP contribution in [0.15, 0.2) is 21.2 Å². The summed E-state index contributed by atoms with van der Waals surface area (Å²) >= 11 is 3.31. The van der Waals surface area contributed by atoms with Gasteiger partial charge in [0.25, 0.3) is 0 Å². The molecule has 2 atom stereocenters. The van der Waals surface area contributed by atoms with E-state index in [0.29, 0.717) is 0 Å². The number of hydrogen-bond donors (Lipinski definition) is 1. The Hall–Kier alpha value is -0.810. The zero-order valence-corrected chi connectivity index (χ0v) is 12.0. The number of furan rings is 1. The predicted molar refractivity (Wildman–Crippen MR) is 71.4 cm³/mol. The van der Waals surface area contributed by atoms with Gasteiger partial charge in [-0.2, -0.15) is 0 Å². The fraction of sp³-hybridized carbons (Fsp3) is 0.615. The van der Waals surface area contributed by atoms with Crippen molar-refractivity contribution in [3.63, 3.8) is 0 Å². The number of aliphatic carboxylic acids is 1. The maximum absolute atomic E-state index is 10.8. The lowest BCUT2D eigenvalue weighted by molar-refractivity contribution is -0.138. The summed E-state index contributed by atoms with van der Waals surface area (Å²) in [6.07, 6.45) is 2.34. The summed E-state index contributed by atoms with van der Waals surface area (Å²) in [6.45, 7) is 3.95. The molecular weight excluding hydrogens is 298 g/mol. The number of likely N-dealkylation sites (tertiary alicyclic amines) is 1. The van der Waals surface area contributed by atoms with Crippen LogP contribution in [0.3, 0.4) is 0 Å². The zero-order chi connectivity index (χ0) is 13.1. The van der Waals surface area contributed by atoms with Gasteiger partial charge in [0.05, 0.1) is 6.04 Å². The molecule has 1 aliphatic heterocycles. The topological polar surface area (TPSA) is 53.7 Å². The number of carbonyl (C=O) groups is 1. The normalized spacial score (nSPS) is 22.9. The van der Waals surface area contributed by atoms with Crippen LogP contribution in [0, 0.1) is 5.92 Å². The maximum Gasteiger partial charge on any atom is 0.303 e. The molecule has 1 aromatic rings. The quantitative estimate of drug-likeness (QED) is 0.926. The van der Waals surface area contributed by atoms with Crippen molar-refractivity contribution in [1.82, 2.24) is 4.90 Å².